The van der Waals surface area contributed by atoms with Crippen molar-refractivity contribution in [2.24, 2.45) is 12.8 Å². The van der Waals surface area contributed by atoms with Gasteiger partial charge in [0.05, 0.1) is 12.3 Å². The van der Waals surface area contributed by atoms with Crippen LogP contribution in [0.25, 0.3) is 0 Å². The van der Waals surface area contributed by atoms with E-state index in [0.29, 0.717) is 0 Å². The SMILES string of the molecule is COC(c1ccccc1)C(N)CCc1cnn(C)c1. The van der Waals surface area contributed by atoms with Crippen LogP contribution < -0.4 is 5.73 Å². The Bertz CT molecular complexity index is 495. The predicted molar refractivity (Wildman–Crippen MR) is 75.7 cm³/mol. The van der Waals surface area contributed by atoms with E-state index in [1.807, 2.05) is 42.3 Å². The third-order valence-corrected chi connectivity index (χ3v) is 3.30. The lowest BCUT2D eigenvalue weighted by molar-refractivity contribution is 0.0777. The summed E-state index contributed by atoms with van der Waals surface area (Å²) >= 11 is 0. The second kappa shape index (κ2) is 6.50. The first-order valence-corrected chi connectivity index (χ1v) is 6.51. The van der Waals surface area contributed by atoms with E-state index < -0.39 is 0 Å². The molecule has 102 valence electrons. The Labute approximate surface area is 114 Å². The van der Waals surface area contributed by atoms with Crippen LogP contribution in [0.4, 0.5) is 0 Å². The van der Waals surface area contributed by atoms with Gasteiger partial charge >= 0.3 is 0 Å². The number of rotatable bonds is 6. The Kier molecular flexibility index (Phi) is 4.71. The van der Waals surface area contributed by atoms with Crippen molar-refractivity contribution in [3.63, 3.8) is 0 Å². The second-order valence-electron chi connectivity index (χ2n) is 4.79. The lowest BCUT2D eigenvalue weighted by Gasteiger charge is -2.22. The van der Waals surface area contributed by atoms with E-state index in [2.05, 4.69) is 17.2 Å². The highest BCUT2D eigenvalue weighted by Gasteiger charge is 2.19. The van der Waals surface area contributed by atoms with Gasteiger partial charge in [-0.1, -0.05) is 30.3 Å². The third kappa shape index (κ3) is 3.66. The van der Waals surface area contributed by atoms with Crippen molar-refractivity contribution in [3.05, 3.63) is 53.9 Å². The summed E-state index contributed by atoms with van der Waals surface area (Å²) in [5, 5.41) is 4.16. The van der Waals surface area contributed by atoms with Crippen LogP contribution >= 0.6 is 0 Å². The Hall–Kier alpha value is -1.65. The first-order chi connectivity index (χ1) is 9.20. The highest BCUT2D eigenvalue weighted by molar-refractivity contribution is 5.19. The fourth-order valence-corrected chi connectivity index (χ4v) is 2.29. The van der Waals surface area contributed by atoms with Gasteiger partial charge in [-0.05, 0) is 24.0 Å². The van der Waals surface area contributed by atoms with Crippen LogP contribution in [0.15, 0.2) is 42.7 Å². The number of hydrogen-bond donors (Lipinski definition) is 1. The van der Waals surface area contributed by atoms with Crippen LogP contribution in [-0.2, 0) is 18.2 Å². The van der Waals surface area contributed by atoms with Crippen LogP contribution in [0.3, 0.4) is 0 Å². The van der Waals surface area contributed by atoms with Crippen molar-refractivity contribution < 1.29 is 4.74 Å². The molecular formula is C15H21N3O. The van der Waals surface area contributed by atoms with Crippen molar-refractivity contribution in [3.8, 4) is 0 Å². The van der Waals surface area contributed by atoms with Crippen LogP contribution in [0.1, 0.15) is 23.7 Å². The number of methoxy groups -OCH3 is 1. The summed E-state index contributed by atoms with van der Waals surface area (Å²) in [4.78, 5) is 0. The molecule has 0 fully saturated rings. The predicted octanol–water partition coefficient (Wildman–Crippen LogP) is 2.07. The number of benzene rings is 1. The number of nitrogens with zero attached hydrogens (tertiary/aromatic N) is 2. The number of nitrogens with two attached hydrogens (primary N) is 1. The maximum atomic E-state index is 6.26. The monoisotopic (exact) mass is 259 g/mol. The molecule has 1 aromatic carbocycles. The zero-order chi connectivity index (χ0) is 13.7. The summed E-state index contributed by atoms with van der Waals surface area (Å²) < 4.78 is 7.36. The van der Waals surface area contributed by atoms with E-state index in [0.717, 1.165) is 18.4 Å². The van der Waals surface area contributed by atoms with Gasteiger partial charge in [-0.15, -0.1) is 0 Å². The molecule has 2 unspecified atom stereocenters. The molecule has 2 rings (SSSR count). The lowest BCUT2D eigenvalue weighted by atomic mass is 9.98. The van der Waals surface area contributed by atoms with Crippen LogP contribution in [0, 0.1) is 0 Å². The highest BCUT2D eigenvalue weighted by Crippen LogP contribution is 2.22. The van der Waals surface area contributed by atoms with Crippen molar-refractivity contribution in [1.29, 1.82) is 0 Å². The first kappa shape index (κ1) is 13.8. The van der Waals surface area contributed by atoms with E-state index >= 15 is 0 Å². The van der Waals surface area contributed by atoms with E-state index in [4.69, 9.17) is 10.5 Å². The summed E-state index contributed by atoms with van der Waals surface area (Å²) in [6.07, 6.45) is 5.65. The second-order valence-corrected chi connectivity index (χ2v) is 4.79. The lowest BCUT2D eigenvalue weighted by Crippen LogP contribution is -2.30. The summed E-state index contributed by atoms with van der Waals surface area (Å²) in [6, 6.07) is 10.1. The maximum Gasteiger partial charge on any atom is 0.0972 e. The molecule has 2 atom stereocenters. The van der Waals surface area contributed by atoms with Crippen molar-refractivity contribution in [2.45, 2.75) is 25.0 Å². The largest absolute Gasteiger partial charge is 0.375 e. The van der Waals surface area contributed by atoms with Crippen molar-refractivity contribution in [1.82, 2.24) is 9.78 Å². The van der Waals surface area contributed by atoms with Crippen molar-refractivity contribution >= 4 is 0 Å². The van der Waals surface area contributed by atoms with Gasteiger partial charge in [-0.3, -0.25) is 4.68 Å². The molecule has 2 aromatic rings. The van der Waals surface area contributed by atoms with E-state index in [1.54, 1.807) is 7.11 Å². The summed E-state index contributed by atoms with van der Waals surface area (Å²) in [7, 11) is 3.63. The van der Waals surface area contributed by atoms with E-state index in [9.17, 15) is 0 Å². The number of aryl methyl sites for hydroxylation is 2. The quantitative estimate of drug-likeness (QED) is 0.864. The van der Waals surface area contributed by atoms with Crippen LogP contribution in [0.5, 0.6) is 0 Å². The average Bonchev–Trinajstić information content (AvgIpc) is 2.84. The molecule has 0 bridgehead atoms. The minimum Gasteiger partial charge on any atom is -0.375 e. The molecule has 0 aliphatic heterocycles. The van der Waals surface area contributed by atoms with Crippen molar-refractivity contribution in [2.75, 3.05) is 7.11 Å². The topological polar surface area (TPSA) is 53.1 Å². The maximum absolute atomic E-state index is 6.26. The fraction of sp³-hybridized carbons (Fsp3) is 0.400. The molecule has 19 heavy (non-hydrogen) atoms. The number of ether oxygens (including phenoxy) is 1. The first-order valence-electron chi connectivity index (χ1n) is 6.51. The van der Waals surface area contributed by atoms with Gasteiger partial charge in [-0.2, -0.15) is 5.10 Å². The van der Waals surface area contributed by atoms with Gasteiger partial charge in [0.2, 0.25) is 0 Å². The van der Waals surface area contributed by atoms with Gasteiger partial charge < -0.3 is 10.5 Å². The minimum absolute atomic E-state index is 0.0207. The van der Waals surface area contributed by atoms with Gasteiger partial charge in [-0.25, -0.2) is 0 Å². The van der Waals surface area contributed by atoms with E-state index in [-0.39, 0.29) is 12.1 Å². The van der Waals surface area contributed by atoms with Gasteiger partial charge in [0.15, 0.2) is 0 Å². The molecule has 0 saturated heterocycles. The average molecular weight is 259 g/mol. The zero-order valence-electron chi connectivity index (χ0n) is 11.5. The normalized spacial score (nSPS) is 14.3. The molecule has 2 N–H and O–H groups in total. The third-order valence-electron chi connectivity index (χ3n) is 3.30. The molecule has 0 spiro atoms. The molecule has 0 radical (unpaired) electrons. The summed E-state index contributed by atoms with van der Waals surface area (Å²) in [5.74, 6) is 0. The van der Waals surface area contributed by atoms with Crippen LogP contribution in [-0.4, -0.2) is 22.9 Å². The molecule has 1 aromatic heterocycles. The Balaban J connectivity index is 1.95. The van der Waals surface area contributed by atoms with Gasteiger partial charge in [0.1, 0.15) is 0 Å². The molecule has 0 saturated carbocycles. The van der Waals surface area contributed by atoms with Gasteiger partial charge in [0.25, 0.3) is 0 Å². The summed E-state index contributed by atoms with van der Waals surface area (Å²) in [6.45, 7) is 0. The Morgan fingerprint density at radius 3 is 2.63 bits per heavy atom. The standard InChI is InChI=1S/C15H21N3O/c1-18-11-12(10-17-18)8-9-14(16)15(19-2)13-6-4-3-5-7-13/h3-7,10-11,14-15H,8-9,16H2,1-2H3. The minimum atomic E-state index is -0.0575. The Morgan fingerprint density at radius 2 is 2.05 bits per heavy atom. The molecule has 0 aliphatic carbocycles. The number of aromatic nitrogens is 2. The molecule has 0 amide bonds. The smallest absolute Gasteiger partial charge is 0.0972 e. The molecule has 4 nitrogen and oxygen atoms in total. The van der Waals surface area contributed by atoms with Crippen LogP contribution in [0.2, 0.25) is 0 Å². The molecule has 1 heterocycles. The molecule has 4 heteroatoms. The van der Waals surface area contributed by atoms with Gasteiger partial charge in [0, 0.05) is 26.4 Å². The zero-order valence-corrected chi connectivity index (χ0v) is 11.5. The summed E-state index contributed by atoms with van der Waals surface area (Å²) in [5.41, 5.74) is 8.60. The van der Waals surface area contributed by atoms with E-state index in [1.165, 1.54) is 5.56 Å². The highest BCUT2D eigenvalue weighted by atomic mass is 16.5. The Morgan fingerprint density at radius 1 is 1.32 bits per heavy atom. The molecule has 0 aliphatic rings. The fourth-order valence-electron chi connectivity index (χ4n) is 2.29. The molecular weight excluding hydrogens is 238 g/mol. The number of hydrogen-bond acceptors (Lipinski definition) is 3.